The lowest BCUT2D eigenvalue weighted by atomic mass is 9.98. The van der Waals surface area contributed by atoms with E-state index in [1.165, 1.54) is 0 Å². The zero-order valence-corrected chi connectivity index (χ0v) is 19.8. The van der Waals surface area contributed by atoms with Gasteiger partial charge in [-0.1, -0.05) is 96.5 Å². The minimum absolute atomic E-state index is 0.590. The molecule has 2 heterocycles. The summed E-state index contributed by atoms with van der Waals surface area (Å²) >= 11 is 6.42. The molecule has 7 aromatic rings. The SMILES string of the molecule is Clc1ccc2oc3cc4ccccc4c(-c4nc(-c5ccccc5)nc(-c5ccccc5)n4)c3c2c1. The molecule has 0 saturated carbocycles. The highest BCUT2D eigenvalue weighted by Gasteiger charge is 2.21. The van der Waals surface area contributed by atoms with E-state index in [1.807, 2.05) is 91.0 Å². The van der Waals surface area contributed by atoms with Gasteiger partial charge in [0.05, 0.1) is 0 Å². The summed E-state index contributed by atoms with van der Waals surface area (Å²) in [6.45, 7) is 0. The van der Waals surface area contributed by atoms with Crippen molar-refractivity contribution in [2.75, 3.05) is 0 Å². The van der Waals surface area contributed by atoms with Crippen LogP contribution in [-0.4, -0.2) is 15.0 Å². The summed E-state index contributed by atoms with van der Waals surface area (Å²) in [7, 11) is 0. The standard InChI is InChI=1S/C31H18ClN3O/c32-22-15-16-25-24(18-22)27-26(36-25)17-21-13-7-8-14-23(21)28(27)31-34-29(19-9-3-1-4-10-19)33-30(35-31)20-11-5-2-6-12-20/h1-18H. The van der Waals surface area contributed by atoms with E-state index in [0.29, 0.717) is 22.5 Å². The van der Waals surface area contributed by atoms with Gasteiger partial charge in [-0.3, -0.25) is 0 Å². The van der Waals surface area contributed by atoms with Crippen LogP contribution in [0.15, 0.2) is 114 Å². The molecule has 0 fully saturated rings. The van der Waals surface area contributed by atoms with Crippen molar-refractivity contribution in [2.24, 2.45) is 0 Å². The van der Waals surface area contributed by atoms with Gasteiger partial charge in [-0.15, -0.1) is 0 Å². The second-order valence-electron chi connectivity index (χ2n) is 8.63. The molecule has 0 N–H and O–H groups in total. The number of aromatic nitrogens is 3. The van der Waals surface area contributed by atoms with E-state index in [0.717, 1.165) is 49.4 Å². The smallest absolute Gasteiger partial charge is 0.165 e. The van der Waals surface area contributed by atoms with Crippen molar-refractivity contribution in [1.82, 2.24) is 15.0 Å². The topological polar surface area (TPSA) is 51.8 Å². The van der Waals surface area contributed by atoms with Gasteiger partial charge >= 0.3 is 0 Å². The van der Waals surface area contributed by atoms with Crippen LogP contribution in [0.25, 0.3) is 66.9 Å². The maximum absolute atomic E-state index is 6.42. The van der Waals surface area contributed by atoms with Crippen molar-refractivity contribution < 1.29 is 4.42 Å². The number of halogens is 1. The Morgan fingerprint density at radius 2 is 1.14 bits per heavy atom. The lowest BCUT2D eigenvalue weighted by Crippen LogP contribution is -2.00. The second-order valence-corrected chi connectivity index (χ2v) is 9.06. The van der Waals surface area contributed by atoms with Crippen molar-refractivity contribution in [2.45, 2.75) is 0 Å². The molecule has 0 saturated heterocycles. The van der Waals surface area contributed by atoms with Crippen LogP contribution >= 0.6 is 11.6 Å². The average Bonchev–Trinajstić information content (AvgIpc) is 3.29. The molecule has 5 aromatic carbocycles. The average molecular weight is 484 g/mol. The molecule has 0 spiro atoms. The third-order valence-electron chi connectivity index (χ3n) is 6.37. The first kappa shape index (κ1) is 20.8. The Hall–Kier alpha value is -4.54. The molecule has 2 aromatic heterocycles. The van der Waals surface area contributed by atoms with E-state index in [9.17, 15) is 0 Å². The van der Waals surface area contributed by atoms with Gasteiger partial charge in [0.25, 0.3) is 0 Å². The van der Waals surface area contributed by atoms with Crippen molar-refractivity contribution in [3.63, 3.8) is 0 Å². The van der Waals surface area contributed by atoms with Crippen LogP contribution in [0.3, 0.4) is 0 Å². The molecule has 5 heteroatoms. The Kier molecular flexibility index (Phi) is 4.79. The molecule has 0 aliphatic heterocycles. The molecule has 36 heavy (non-hydrogen) atoms. The zero-order chi connectivity index (χ0) is 24.1. The molecule has 170 valence electrons. The fraction of sp³-hybridized carbons (Fsp3) is 0. The van der Waals surface area contributed by atoms with Gasteiger partial charge in [0, 0.05) is 32.5 Å². The first-order chi connectivity index (χ1) is 17.7. The molecule has 0 aliphatic carbocycles. The molecular weight excluding hydrogens is 466 g/mol. The summed E-state index contributed by atoms with van der Waals surface area (Å²) < 4.78 is 6.28. The number of fused-ring (bicyclic) bond motifs is 4. The number of benzene rings is 5. The van der Waals surface area contributed by atoms with Crippen LogP contribution < -0.4 is 0 Å². The fourth-order valence-corrected chi connectivity index (χ4v) is 4.90. The maximum atomic E-state index is 6.42. The highest BCUT2D eigenvalue weighted by molar-refractivity contribution is 6.32. The minimum atomic E-state index is 0.590. The molecule has 4 nitrogen and oxygen atoms in total. The van der Waals surface area contributed by atoms with Crippen LogP contribution in [0.2, 0.25) is 5.02 Å². The lowest BCUT2D eigenvalue weighted by Gasteiger charge is -2.11. The summed E-state index contributed by atoms with van der Waals surface area (Å²) in [5, 5.41) is 4.61. The predicted molar refractivity (Wildman–Crippen MR) is 146 cm³/mol. The van der Waals surface area contributed by atoms with Gasteiger partial charge in [-0.05, 0) is 35.0 Å². The lowest BCUT2D eigenvalue weighted by molar-refractivity contribution is 0.669. The molecule has 0 atom stereocenters. The number of hydrogen-bond acceptors (Lipinski definition) is 4. The number of rotatable bonds is 3. The van der Waals surface area contributed by atoms with E-state index in [1.54, 1.807) is 0 Å². The molecule has 0 radical (unpaired) electrons. The van der Waals surface area contributed by atoms with Gasteiger partial charge in [-0.25, -0.2) is 15.0 Å². The molecular formula is C31H18ClN3O. The minimum Gasteiger partial charge on any atom is -0.456 e. The molecule has 0 aliphatic rings. The first-order valence-electron chi connectivity index (χ1n) is 11.7. The fourth-order valence-electron chi connectivity index (χ4n) is 4.73. The third kappa shape index (κ3) is 3.43. The molecule has 0 unspecified atom stereocenters. The van der Waals surface area contributed by atoms with Gasteiger partial charge in [0.15, 0.2) is 17.5 Å². The number of furan rings is 1. The number of nitrogens with zero attached hydrogens (tertiary/aromatic N) is 3. The first-order valence-corrected chi connectivity index (χ1v) is 12.0. The van der Waals surface area contributed by atoms with Gasteiger partial charge in [0.2, 0.25) is 0 Å². The van der Waals surface area contributed by atoms with Crippen molar-refractivity contribution in [3.8, 4) is 34.2 Å². The van der Waals surface area contributed by atoms with E-state index >= 15 is 0 Å². The highest BCUT2D eigenvalue weighted by atomic mass is 35.5. The van der Waals surface area contributed by atoms with Crippen LogP contribution in [0.5, 0.6) is 0 Å². The monoisotopic (exact) mass is 483 g/mol. The predicted octanol–water partition coefficient (Wildman–Crippen LogP) is 8.58. The Balaban J connectivity index is 1.63. The summed E-state index contributed by atoms with van der Waals surface area (Å²) in [5.74, 6) is 1.82. The largest absolute Gasteiger partial charge is 0.456 e. The second kappa shape index (κ2) is 8.29. The normalized spacial score (nSPS) is 11.5. The zero-order valence-electron chi connectivity index (χ0n) is 19.0. The van der Waals surface area contributed by atoms with Gasteiger partial charge < -0.3 is 4.42 Å². The molecule has 7 rings (SSSR count). The summed E-state index contributed by atoms with van der Waals surface area (Å²) in [6, 6.07) is 36.0. The van der Waals surface area contributed by atoms with Crippen LogP contribution in [0.4, 0.5) is 0 Å². The van der Waals surface area contributed by atoms with Gasteiger partial charge in [-0.2, -0.15) is 0 Å². The summed E-state index contributed by atoms with van der Waals surface area (Å²) in [5.41, 5.74) is 4.29. The van der Waals surface area contributed by atoms with Crippen LogP contribution in [0, 0.1) is 0 Å². The Labute approximate surface area is 211 Å². The Bertz CT molecular complexity index is 1840. The maximum Gasteiger partial charge on any atom is 0.165 e. The van der Waals surface area contributed by atoms with E-state index < -0.39 is 0 Å². The van der Waals surface area contributed by atoms with E-state index in [-0.39, 0.29) is 0 Å². The number of hydrogen-bond donors (Lipinski definition) is 0. The van der Waals surface area contributed by atoms with Crippen LogP contribution in [0.1, 0.15) is 0 Å². The highest BCUT2D eigenvalue weighted by Crippen LogP contribution is 2.42. The third-order valence-corrected chi connectivity index (χ3v) is 6.60. The van der Waals surface area contributed by atoms with Crippen molar-refractivity contribution >= 4 is 44.3 Å². The molecule has 0 bridgehead atoms. The Morgan fingerprint density at radius 1 is 0.528 bits per heavy atom. The Morgan fingerprint density at radius 3 is 1.83 bits per heavy atom. The van der Waals surface area contributed by atoms with Crippen molar-refractivity contribution in [3.05, 3.63) is 114 Å². The van der Waals surface area contributed by atoms with E-state index in [4.69, 9.17) is 31.0 Å². The van der Waals surface area contributed by atoms with Crippen LogP contribution in [-0.2, 0) is 0 Å². The molecule has 0 amide bonds. The van der Waals surface area contributed by atoms with Gasteiger partial charge in [0.1, 0.15) is 11.2 Å². The summed E-state index contributed by atoms with van der Waals surface area (Å²) in [4.78, 5) is 14.9. The van der Waals surface area contributed by atoms with E-state index in [2.05, 4.69) is 18.2 Å². The quantitative estimate of drug-likeness (QED) is 0.252. The summed E-state index contributed by atoms with van der Waals surface area (Å²) in [6.07, 6.45) is 0. The van der Waals surface area contributed by atoms with Crippen molar-refractivity contribution in [1.29, 1.82) is 0 Å².